The van der Waals surface area contributed by atoms with Crippen LogP contribution in [-0.2, 0) is 4.74 Å². The van der Waals surface area contributed by atoms with E-state index >= 15 is 0 Å². The maximum absolute atomic E-state index is 12.1. The highest BCUT2D eigenvalue weighted by Gasteiger charge is 2.38. The van der Waals surface area contributed by atoms with Gasteiger partial charge >= 0.3 is 12.0 Å². The summed E-state index contributed by atoms with van der Waals surface area (Å²) >= 11 is 5.96. The molecule has 0 radical (unpaired) electrons. The Hall–Kier alpha value is -1.79. The summed E-state index contributed by atoms with van der Waals surface area (Å²) in [4.78, 5) is 23.0. The van der Waals surface area contributed by atoms with E-state index in [9.17, 15) is 9.59 Å². The predicted octanol–water partition coefficient (Wildman–Crippen LogP) is 2.73. The number of anilines is 1. The number of halogens is 1. The van der Waals surface area contributed by atoms with Crippen molar-refractivity contribution in [3.63, 3.8) is 0 Å². The van der Waals surface area contributed by atoms with Crippen LogP contribution in [0.3, 0.4) is 0 Å². The fraction of sp³-hybridized carbons (Fsp3) is 0.429. The van der Waals surface area contributed by atoms with E-state index in [1.54, 1.807) is 0 Å². The summed E-state index contributed by atoms with van der Waals surface area (Å²) in [5.41, 5.74) is -0.149. The zero-order valence-electron chi connectivity index (χ0n) is 11.8. The van der Waals surface area contributed by atoms with E-state index in [4.69, 9.17) is 21.4 Å². The number of amides is 2. The molecule has 1 aliphatic heterocycles. The molecule has 6 nitrogen and oxygen atoms in total. The normalized spacial score (nSPS) is 24.6. The summed E-state index contributed by atoms with van der Waals surface area (Å²) in [5, 5.41) is 14.7. The van der Waals surface area contributed by atoms with Gasteiger partial charge in [-0.15, -0.1) is 0 Å². The Morgan fingerprint density at radius 1 is 1.48 bits per heavy atom. The first-order chi connectivity index (χ1) is 9.82. The van der Waals surface area contributed by atoms with Crippen LogP contribution >= 0.6 is 11.6 Å². The summed E-state index contributed by atoms with van der Waals surface area (Å²) in [6.07, 6.45) is 0.619. The highest BCUT2D eigenvalue weighted by Crippen LogP contribution is 2.26. The Balaban J connectivity index is 2.09. The summed E-state index contributed by atoms with van der Waals surface area (Å²) in [5.74, 6) is -1.08. The number of aromatic carboxylic acids is 1. The Kier molecular flexibility index (Phi) is 4.39. The third kappa shape index (κ3) is 3.46. The molecule has 2 rings (SSSR count). The largest absolute Gasteiger partial charge is 0.478 e. The lowest BCUT2D eigenvalue weighted by Crippen LogP contribution is -2.52. The number of hydrogen-bond donors (Lipinski definition) is 3. The highest BCUT2D eigenvalue weighted by molar-refractivity contribution is 6.33. The predicted molar refractivity (Wildman–Crippen MR) is 79.0 cm³/mol. The first-order valence-electron chi connectivity index (χ1n) is 6.55. The number of benzene rings is 1. The average Bonchev–Trinajstić information content (AvgIpc) is 2.71. The molecule has 0 bridgehead atoms. The first-order valence-corrected chi connectivity index (χ1v) is 6.93. The van der Waals surface area contributed by atoms with Crippen LogP contribution in [0.25, 0.3) is 0 Å². The second-order valence-electron chi connectivity index (χ2n) is 5.26. The van der Waals surface area contributed by atoms with Crippen molar-refractivity contribution in [2.24, 2.45) is 0 Å². The molecule has 0 spiro atoms. The molecule has 1 aromatic rings. The molecule has 114 valence electrons. The number of carbonyl (C=O) groups is 2. The van der Waals surface area contributed by atoms with Crippen molar-refractivity contribution in [1.29, 1.82) is 0 Å². The monoisotopic (exact) mass is 312 g/mol. The van der Waals surface area contributed by atoms with Gasteiger partial charge in [0.15, 0.2) is 0 Å². The van der Waals surface area contributed by atoms with Crippen LogP contribution in [0.5, 0.6) is 0 Å². The van der Waals surface area contributed by atoms with Crippen molar-refractivity contribution in [2.75, 3.05) is 11.9 Å². The molecule has 7 heteroatoms. The van der Waals surface area contributed by atoms with Gasteiger partial charge in [0.25, 0.3) is 0 Å². The van der Waals surface area contributed by atoms with Crippen LogP contribution in [0.1, 0.15) is 30.6 Å². The van der Waals surface area contributed by atoms with Gasteiger partial charge in [-0.3, -0.25) is 0 Å². The number of urea groups is 1. The molecule has 3 N–H and O–H groups in total. The lowest BCUT2D eigenvalue weighted by Gasteiger charge is -2.29. The number of carbonyl (C=O) groups excluding carboxylic acids is 1. The summed E-state index contributed by atoms with van der Waals surface area (Å²) < 4.78 is 5.45. The van der Waals surface area contributed by atoms with Crippen molar-refractivity contribution in [2.45, 2.75) is 31.9 Å². The smallest absolute Gasteiger partial charge is 0.335 e. The van der Waals surface area contributed by atoms with Crippen molar-refractivity contribution in [3.8, 4) is 0 Å². The van der Waals surface area contributed by atoms with E-state index in [0.29, 0.717) is 13.0 Å². The van der Waals surface area contributed by atoms with Gasteiger partial charge in [-0.05, 0) is 38.5 Å². The second-order valence-corrected chi connectivity index (χ2v) is 5.67. The fourth-order valence-electron chi connectivity index (χ4n) is 2.17. The van der Waals surface area contributed by atoms with Gasteiger partial charge in [0.1, 0.15) is 0 Å². The minimum absolute atomic E-state index is 0.0541. The minimum atomic E-state index is -1.08. The maximum atomic E-state index is 12.1. The third-order valence-electron chi connectivity index (χ3n) is 3.75. The molecule has 1 saturated heterocycles. The fourth-order valence-corrected chi connectivity index (χ4v) is 2.33. The van der Waals surface area contributed by atoms with Gasteiger partial charge in [0.2, 0.25) is 0 Å². The van der Waals surface area contributed by atoms with Crippen LogP contribution in [0.4, 0.5) is 10.5 Å². The molecule has 0 saturated carbocycles. The maximum Gasteiger partial charge on any atom is 0.335 e. The van der Waals surface area contributed by atoms with Gasteiger partial charge in [0.05, 0.1) is 27.9 Å². The SMILES string of the molecule is CC1OCCC1(C)NC(=O)Nc1cc(C(=O)O)ccc1Cl. The van der Waals surface area contributed by atoms with Crippen LogP contribution in [0, 0.1) is 0 Å². The van der Waals surface area contributed by atoms with Gasteiger partial charge in [0, 0.05) is 6.61 Å². The molecule has 1 heterocycles. The lowest BCUT2D eigenvalue weighted by atomic mass is 9.95. The number of carboxylic acid groups (broad SMARTS) is 1. The van der Waals surface area contributed by atoms with Crippen LogP contribution < -0.4 is 10.6 Å². The summed E-state index contributed by atoms with van der Waals surface area (Å²) in [6, 6.07) is 3.69. The van der Waals surface area contributed by atoms with Crippen LogP contribution in [0.2, 0.25) is 5.02 Å². The van der Waals surface area contributed by atoms with Crippen LogP contribution in [0.15, 0.2) is 18.2 Å². The summed E-state index contributed by atoms with van der Waals surface area (Å²) in [7, 11) is 0. The zero-order chi connectivity index (χ0) is 15.6. The van der Waals surface area contributed by atoms with Crippen molar-refractivity contribution >= 4 is 29.3 Å². The molecular formula is C14H17ClN2O4. The molecule has 21 heavy (non-hydrogen) atoms. The lowest BCUT2D eigenvalue weighted by molar-refractivity contribution is 0.0697. The second kappa shape index (κ2) is 5.91. The van der Waals surface area contributed by atoms with Gasteiger partial charge in [-0.2, -0.15) is 0 Å². The number of hydrogen-bond acceptors (Lipinski definition) is 3. The molecule has 0 aromatic heterocycles. The number of rotatable bonds is 3. The molecule has 1 aliphatic rings. The van der Waals surface area contributed by atoms with E-state index in [1.165, 1.54) is 18.2 Å². The third-order valence-corrected chi connectivity index (χ3v) is 4.08. The van der Waals surface area contributed by atoms with E-state index in [2.05, 4.69) is 10.6 Å². The molecule has 2 amide bonds. The Morgan fingerprint density at radius 2 is 2.19 bits per heavy atom. The highest BCUT2D eigenvalue weighted by atomic mass is 35.5. The van der Waals surface area contributed by atoms with Crippen molar-refractivity contribution < 1.29 is 19.4 Å². The molecule has 2 atom stereocenters. The molecule has 2 unspecified atom stereocenters. The minimum Gasteiger partial charge on any atom is -0.478 e. The van der Waals surface area contributed by atoms with Crippen LogP contribution in [-0.4, -0.2) is 35.4 Å². The van der Waals surface area contributed by atoms with E-state index in [-0.39, 0.29) is 22.4 Å². The topological polar surface area (TPSA) is 87.7 Å². The zero-order valence-corrected chi connectivity index (χ0v) is 12.5. The van der Waals surface area contributed by atoms with E-state index in [0.717, 1.165) is 0 Å². The van der Waals surface area contributed by atoms with E-state index in [1.807, 2.05) is 13.8 Å². The van der Waals surface area contributed by atoms with Gasteiger partial charge in [-0.1, -0.05) is 11.6 Å². The number of carboxylic acids is 1. The Labute approximate surface area is 127 Å². The molecule has 0 aliphatic carbocycles. The quantitative estimate of drug-likeness (QED) is 0.800. The van der Waals surface area contributed by atoms with Gasteiger partial charge < -0.3 is 20.5 Å². The van der Waals surface area contributed by atoms with Crippen molar-refractivity contribution in [3.05, 3.63) is 28.8 Å². The van der Waals surface area contributed by atoms with Crippen molar-refractivity contribution in [1.82, 2.24) is 5.32 Å². The molecule has 1 aromatic carbocycles. The standard InChI is InChI=1S/C14H17ClN2O4/c1-8-14(2,5-6-21-8)17-13(20)16-11-7-9(12(18)19)3-4-10(11)15/h3-4,7-8H,5-6H2,1-2H3,(H,18,19)(H2,16,17,20). The molecular weight excluding hydrogens is 296 g/mol. The Bertz CT molecular complexity index is 578. The average molecular weight is 313 g/mol. The molecule has 1 fully saturated rings. The Morgan fingerprint density at radius 3 is 2.76 bits per heavy atom. The van der Waals surface area contributed by atoms with E-state index < -0.39 is 17.5 Å². The number of ether oxygens (including phenoxy) is 1. The van der Waals surface area contributed by atoms with Gasteiger partial charge in [-0.25, -0.2) is 9.59 Å². The summed E-state index contributed by atoms with van der Waals surface area (Å²) in [6.45, 7) is 4.39. The number of nitrogens with one attached hydrogen (secondary N) is 2. The first kappa shape index (κ1) is 15.6.